The lowest BCUT2D eigenvalue weighted by Crippen LogP contribution is -2.40. The molecule has 7 nitrogen and oxygen atoms in total. The molecule has 1 saturated heterocycles. The standard InChI is InChI=1S/C20H15F5N4O3/c1-19(11-6-8-12(9-7-11)32-20(23,24)25)16(30)28(18(31)27-19)10-15-26-13-4-2-3-5-14(13)29(15)17(21)22/h2-9,17H,10H2,1H3,(H,27,31). The van der Waals surface area contributed by atoms with Crippen LogP contribution in [0.4, 0.5) is 26.7 Å². The number of carbonyl (C=O) groups is 2. The molecule has 0 aliphatic carbocycles. The maximum Gasteiger partial charge on any atom is 0.573 e. The molecule has 1 unspecified atom stereocenters. The van der Waals surface area contributed by atoms with Crippen LogP contribution < -0.4 is 10.1 Å². The van der Waals surface area contributed by atoms with E-state index in [1.807, 2.05) is 0 Å². The molecule has 168 valence electrons. The monoisotopic (exact) mass is 454 g/mol. The Morgan fingerprint density at radius 1 is 1.09 bits per heavy atom. The summed E-state index contributed by atoms with van der Waals surface area (Å²) in [5, 5.41) is 2.47. The number of aromatic nitrogens is 2. The van der Waals surface area contributed by atoms with E-state index in [4.69, 9.17) is 0 Å². The molecule has 1 atom stereocenters. The number of fused-ring (bicyclic) bond motifs is 1. The smallest absolute Gasteiger partial charge is 0.406 e. The molecule has 12 heteroatoms. The lowest BCUT2D eigenvalue weighted by Gasteiger charge is -2.22. The van der Waals surface area contributed by atoms with Crippen LogP contribution in [-0.2, 0) is 16.9 Å². The number of hydrogen-bond acceptors (Lipinski definition) is 4. The number of amides is 3. The van der Waals surface area contributed by atoms with Crippen molar-refractivity contribution >= 4 is 23.0 Å². The molecule has 0 bridgehead atoms. The summed E-state index contributed by atoms with van der Waals surface area (Å²) < 4.78 is 68.8. The number of benzene rings is 2. The van der Waals surface area contributed by atoms with Gasteiger partial charge < -0.3 is 10.1 Å². The molecule has 0 radical (unpaired) electrons. The molecule has 32 heavy (non-hydrogen) atoms. The van der Waals surface area contributed by atoms with Gasteiger partial charge in [0.05, 0.1) is 17.6 Å². The predicted octanol–water partition coefficient (Wildman–Crippen LogP) is 4.30. The first kappa shape index (κ1) is 21.5. The Morgan fingerprint density at radius 2 is 1.75 bits per heavy atom. The lowest BCUT2D eigenvalue weighted by molar-refractivity contribution is -0.274. The number of alkyl halides is 5. The highest BCUT2D eigenvalue weighted by Crippen LogP contribution is 2.33. The molecule has 3 aromatic rings. The number of ether oxygens (including phenoxy) is 1. The topological polar surface area (TPSA) is 76.5 Å². The fraction of sp³-hybridized carbons (Fsp3) is 0.250. The minimum atomic E-state index is -4.88. The minimum absolute atomic E-state index is 0.146. The molecular formula is C20H15F5N4O3. The Bertz CT molecular complexity index is 1190. The van der Waals surface area contributed by atoms with Gasteiger partial charge in [0.15, 0.2) is 0 Å². The maximum atomic E-state index is 13.7. The maximum absolute atomic E-state index is 13.7. The van der Waals surface area contributed by atoms with E-state index in [1.165, 1.54) is 31.2 Å². The summed E-state index contributed by atoms with van der Waals surface area (Å²) in [6.45, 7) is -2.11. The summed E-state index contributed by atoms with van der Waals surface area (Å²) in [6.07, 6.45) is -4.88. The number of para-hydroxylation sites is 2. The molecule has 1 aromatic heterocycles. The zero-order chi connectivity index (χ0) is 23.3. The van der Waals surface area contributed by atoms with Crippen LogP contribution in [0.3, 0.4) is 0 Å². The van der Waals surface area contributed by atoms with Crippen molar-refractivity contribution in [1.82, 2.24) is 19.8 Å². The summed E-state index contributed by atoms with van der Waals surface area (Å²) in [4.78, 5) is 30.4. The molecule has 0 spiro atoms. The molecular weight excluding hydrogens is 439 g/mol. The van der Waals surface area contributed by atoms with Crippen molar-refractivity contribution in [2.45, 2.75) is 31.9 Å². The van der Waals surface area contributed by atoms with Crippen molar-refractivity contribution in [2.75, 3.05) is 0 Å². The third-order valence-electron chi connectivity index (χ3n) is 5.10. The summed E-state index contributed by atoms with van der Waals surface area (Å²) >= 11 is 0. The van der Waals surface area contributed by atoms with Gasteiger partial charge in [-0.1, -0.05) is 24.3 Å². The second kappa shape index (κ2) is 7.46. The van der Waals surface area contributed by atoms with Gasteiger partial charge in [-0.05, 0) is 36.8 Å². The largest absolute Gasteiger partial charge is 0.573 e. The summed E-state index contributed by atoms with van der Waals surface area (Å²) in [5.41, 5.74) is -1.00. The second-order valence-electron chi connectivity index (χ2n) is 7.18. The van der Waals surface area contributed by atoms with E-state index in [2.05, 4.69) is 15.0 Å². The van der Waals surface area contributed by atoms with E-state index in [-0.39, 0.29) is 22.4 Å². The Balaban J connectivity index is 1.62. The number of halogens is 5. The summed E-state index contributed by atoms with van der Waals surface area (Å²) in [7, 11) is 0. The van der Waals surface area contributed by atoms with Gasteiger partial charge in [0.25, 0.3) is 5.91 Å². The van der Waals surface area contributed by atoms with E-state index in [1.54, 1.807) is 12.1 Å². The van der Waals surface area contributed by atoms with Crippen LogP contribution in [0.5, 0.6) is 5.75 Å². The SMILES string of the molecule is CC1(c2ccc(OC(F)(F)F)cc2)NC(=O)N(Cc2nc3ccccc3n2C(F)F)C1=O. The van der Waals surface area contributed by atoms with E-state index >= 15 is 0 Å². The highest BCUT2D eigenvalue weighted by atomic mass is 19.4. The highest BCUT2D eigenvalue weighted by molar-refractivity contribution is 6.07. The van der Waals surface area contributed by atoms with Crippen LogP contribution in [0.1, 0.15) is 24.9 Å². The van der Waals surface area contributed by atoms with E-state index in [0.29, 0.717) is 4.57 Å². The lowest BCUT2D eigenvalue weighted by atomic mass is 9.92. The van der Waals surface area contributed by atoms with Gasteiger partial charge in [0, 0.05) is 0 Å². The van der Waals surface area contributed by atoms with Gasteiger partial charge in [-0.25, -0.2) is 9.78 Å². The molecule has 0 saturated carbocycles. The first-order valence-corrected chi connectivity index (χ1v) is 9.24. The zero-order valence-electron chi connectivity index (χ0n) is 16.4. The van der Waals surface area contributed by atoms with E-state index in [0.717, 1.165) is 17.0 Å². The molecule has 1 N–H and O–H groups in total. The Labute approximate surface area is 177 Å². The number of rotatable bonds is 5. The van der Waals surface area contributed by atoms with Crippen molar-refractivity contribution in [3.05, 3.63) is 59.9 Å². The molecule has 3 amide bonds. The zero-order valence-corrected chi connectivity index (χ0v) is 16.4. The summed E-state index contributed by atoms with van der Waals surface area (Å²) in [6, 6.07) is 9.72. The van der Waals surface area contributed by atoms with Crippen molar-refractivity contribution in [3.8, 4) is 5.75 Å². The number of nitrogens with zero attached hydrogens (tertiary/aromatic N) is 3. The Hall–Kier alpha value is -3.70. The molecule has 2 aromatic carbocycles. The summed E-state index contributed by atoms with van der Waals surface area (Å²) in [5.74, 6) is -1.45. The third kappa shape index (κ3) is 3.72. The van der Waals surface area contributed by atoms with Crippen LogP contribution >= 0.6 is 0 Å². The van der Waals surface area contributed by atoms with E-state index < -0.39 is 42.7 Å². The van der Waals surface area contributed by atoms with Crippen molar-refractivity contribution in [1.29, 1.82) is 0 Å². The van der Waals surface area contributed by atoms with Crippen LogP contribution in [-0.4, -0.2) is 32.8 Å². The van der Waals surface area contributed by atoms with Gasteiger partial charge >= 0.3 is 18.9 Å². The molecule has 2 heterocycles. The Morgan fingerprint density at radius 3 is 2.38 bits per heavy atom. The number of nitrogens with one attached hydrogen (secondary N) is 1. The van der Waals surface area contributed by atoms with Gasteiger partial charge in [-0.15, -0.1) is 13.2 Å². The van der Waals surface area contributed by atoms with Gasteiger partial charge in [-0.3, -0.25) is 14.3 Å². The number of carbonyl (C=O) groups excluding carboxylic acids is 2. The van der Waals surface area contributed by atoms with Crippen molar-refractivity contribution in [2.24, 2.45) is 0 Å². The van der Waals surface area contributed by atoms with Crippen LogP contribution in [0.15, 0.2) is 48.5 Å². The Kier molecular flexibility index (Phi) is 5.02. The normalized spacial score (nSPS) is 19.2. The third-order valence-corrected chi connectivity index (χ3v) is 5.10. The van der Waals surface area contributed by atoms with Gasteiger partial charge in [0.1, 0.15) is 17.1 Å². The van der Waals surface area contributed by atoms with Gasteiger partial charge in [-0.2, -0.15) is 8.78 Å². The highest BCUT2D eigenvalue weighted by Gasteiger charge is 2.49. The predicted molar refractivity (Wildman–Crippen MR) is 101 cm³/mol. The minimum Gasteiger partial charge on any atom is -0.406 e. The average Bonchev–Trinajstić information content (AvgIpc) is 3.18. The average molecular weight is 454 g/mol. The number of hydrogen-bond donors (Lipinski definition) is 1. The number of imide groups is 1. The fourth-order valence-electron chi connectivity index (χ4n) is 3.59. The first-order chi connectivity index (χ1) is 15.0. The van der Waals surface area contributed by atoms with Crippen LogP contribution in [0.2, 0.25) is 0 Å². The van der Waals surface area contributed by atoms with Crippen molar-refractivity contribution < 1.29 is 36.3 Å². The number of urea groups is 1. The molecule has 1 aliphatic rings. The molecule has 1 fully saturated rings. The van der Waals surface area contributed by atoms with Crippen LogP contribution in [0.25, 0.3) is 11.0 Å². The van der Waals surface area contributed by atoms with Crippen molar-refractivity contribution in [3.63, 3.8) is 0 Å². The second-order valence-corrected chi connectivity index (χ2v) is 7.18. The number of imidazole rings is 1. The van der Waals surface area contributed by atoms with E-state index in [9.17, 15) is 31.5 Å². The van der Waals surface area contributed by atoms with Gasteiger partial charge in [0.2, 0.25) is 0 Å². The fourth-order valence-corrected chi connectivity index (χ4v) is 3.59. The quantitative estimate of drug-likeness (QED) is 0.461. The molecule has 1 aliphatic heterocycles. The first-order valence-electron chi connectivity index (χ1n) is 9.24. The van der Waals surface area contributed by atoms with Crippen LogP contribution in [0, 0.1) is 0 Å². The molecule has 4 rings (SSSR count).